The van der Waals surface area contributed by atoms with Crippen molar-refractivity contribution in [3.63, 3.8) is 0 Å². The molecule has 0 aliphatic carbocycles. The minimum Gasteiger partial charge on any atom is -0.304 e. The summed E-state index contributed by atoms with van der Waals surface area (Å²) in [7, 11) is 0. The Morgan fingerprint density at radius 2 is 2.21 bits per heavy atom. The number of aromatic nitrogens is 3. The van der Waals surface area contributed by atoms with Gasteiger partial charge < -0.3 is 4.98 Å². The van der Waals surface area contributed by atoms with E-state index in [1.165, 1.54) is 6.20 Å². The van der Waals surface area contributed by atoms with Crippen LogP contribution in [0, 0.1) is 13.8 Å². The van der Waals surface area contributed by atoms with Gasteiger partial charge in [-0.2, -0.15) is 0 Å². The van der Waals surface area contributed by atoms with Gasteiger partial charge in [-0.05, 0) is 19.9 Å². The van der Waals surface area contributed by atoms with Crippen LogP contribution < -0.4 is 5.69 Å². The molecule has 0 saturated heterocycles. The van der Waals surface area contributed by atoms with Gasteiger partial charge >= 0.3 is 5.69 Å². The van der Waals surface area contributed by atoms with Crippen molar-refractivity contribution in [3.8, 4) is 11.4 Å². The summed E-state index contributed by atoms with van der Waals surface area (Å²) in [6.45, 7) is 3.93. The number of nitrogens with zero attached hydrogens (tertiary/aromatic N) is 2. The first kappa shape index (κ1) is 9.08. The van der Waals surface area contributed by atoms with Gasteiger partial charge in [-0.15, -0.1) is 11.3 Å². The molecular weight excluding hydrogens is 198 g/mol. The molecule has 0 atom stereocenters. The molecule has 5 heteroatoms. The van der Waals surface area contributed by atoms with Gasteiger partial charge in [0.2, 0.25) is 0 Å². The number of aryl methyl sites for hydroxylation is 2. The first-order valence-corrected chi connectivity index (χ1v) is 4.98. The summed E-state index contributed by atoms with van der Waals surface area (Å²) < 4.78 is 0. The molecule has 0 bridgehead atoms. The van der Waals surface area contributed by atoms with Crippen LogP contribution in [0.3, 0.4) is 0 Å². The third kappa shape index (κ3) is 1.58. The topological polar surface area (TPSA) is 58.6 Å². The molecule has 0 radical (unpaired) electrons. The lowest BCUT2D eigenvalue weighted by atomic mass is 10.3. The lowest BCUT2D eigenvalue weighted by Crippen LogP contribution is -2.09. The Balaban J connectivity index is 2.59. The number of nitrogens with one attached hydrogen (secondary N) is 1. The van der Waals surface area contributed by atoms with E-state index in [0.29, 0.717) is 0 Å². The Bertz CT molecular complexity index is 515. The monoisotopic (exact) mass is 207 g/mol. The molecule has 4 nitrogen and oxygen atoms in total. The Kier molecular flexibility index (Phi) is 2.17. The second-order valence-corrected chi connectivity index (χ2v) is 4.33. The number of thiazole rings is 1. The molecule has 2 aromatic heterocycles. The molecule has 2 rings (SSSR count). The zero-order valence-electron chi connectivity index (χ0n) is 7.87. The molecule has 0 aromatic carbocycles. The van der Waals surface area contributed by atoms with Crippen molar-refractivity contribution in [1.29, 1.82) is 0 Å². The van der Waals surface area contributed by atoms with Crippen LogP contribution in [0.5, 0.6) is 0 Å². The Morgan fingerprint density at radius 1 is 1.43 bits per heavy atom. The van der Waals surface area contributed by atoms with Gasteiger partial charge in [0, 0.05) is 11.1 Å². The highest BCUT2D eigenvalue weighted by molar-refractivity contribution is 7.11. The summed E-state index contributed by atoms with van der Waals surface area (Å²) in [4.78, 5) is 22.7. The first-order valence-electron chi connectivity index (χ1n) is 4.16. The smallest absolute Gasteiger partial charge is 0.304 e. The standard InChI is InChI=1S/C9H9N3OS/c1-5-8(11-6(2)14-5)7-3-4-10-9(13)12-7/h3-4H,1-2H3,(H,10,12,13). The third-order valence-corrected chi connectivity index (χ3v) is 2.72. The highest BCUT2D eigenvalue weighted by atomic mass is 32.1. The lowest BCUT2D eigenvalue weighted by molar-refractivity contribution is 1.07. The van der Waals surface area contributed by atoms with Crippen LogP contribution in [-0.2, 0) is 0 Å². The minimum absolute atomic E-state index is 0.340. The van der Waals surface area contributed by atoms with Crippen LogP contribution in [0.4, 0.5) is 0 Å². The largest absolute Gasteiger partial charge is 0.345 e. The third-order valence-electron chi connectivity index (χ3n) is 1.83. The molecule has 0 saturated carbocycles. The number of H-pyrrole nitrogens is 1. The molecule has 0 unspecified atom stereocenters. The van der Waals surface area contributed by atoms with Crippen molar-refractivity contribution in [1.82, 2.24) is 15.0 Å². The SMILES string of the molecule is Cc1nc(-c2ccnc(=O)[nH]2)c(C)s1. The van der Waals surface area contributed by atoms with Crippen molar-refractivity contribution in [2.75, 3.05) is 0 Å². The van der Waals surface area contributed by atoms with Crippen LogP contribution in [-0.4, -0.2) is 15.0 Å². The van der Waals surface area contributed by atoms with Gasteiger partial charge in [0.1, 0.15) is 5.69 Å². The van der Waals surface area contributed by atoms with Crippen LogP contribution >= 0.6 is 11.3 Å². The van der Waals surface area contributed by atoms with E-state index in [0.717, 1.165) is 21.3 Å². The van der Waals surface area contributed by atoms with E-state index in [-0.39, 0.29) is 5.69 Å². The van der Waals surface area contributed by atoms with Gasteiger partial charge in [-0.25, -0.2) is 14.8 Å². The van der Waals surface area contributed by atoms with Gasteiger partial charge in [-0.1, -0.05) is 0 Å². The van der Waals surface area contributed by atoms with E-state index in [1.807, 2.05) is 13.8 Å². The van der Waals surface area contributed by atoms with Gasteiger partial charge in [0.25, 0.3) is 0 Å². The van der Waals surface area contributed by atoms with Crippen molar-refractivity contribution in [2.45, 2.75) is 13.8 Å². The second kappa shape index (κ2) is 3.34. The maximum atomic E-state index is 11.0. The fourth-order valence-electron chi connectivity index (χ4n) is 1.29. The fourth-order valence-corrected chi connectivity index (χ4v) is 2.12. The lowest BCUT2D eigenvalue weighted by Gasteiger charge is -1.96. The summed E-state index contributed by atoms with van der Waals surface area (Å²) in [6.07, 6.45) is 1.49. The van der Waals surface area contributed by atoms with E-state index in [9.17, 15) is 4.79 Å². The average Bonchev–Trinajstić information content (AvgIpc) is 2.45. The molecule has 0 spiro atoms. The van der Waals surface area contributed by atoms with E-state index in [4.69, 9.17) is 0 Å². The van der Waals surface area contributed by atoms with E-state index >= 15 is 0 Å². The minimum atomic E-state index is -0.340. The van der Waals surface area contributed by atoms with Crippen LogP contribution in [0.2, 0.25) is 0 Å². The summed E-state index contributed by atoms with van der Waals surface area (Å²) in [5.74, 6) is 0. The van der Waals surface area contributed by atoms with E-state index in [2.05, 4.69) is 15.0 Å². The summed E-state index contributed by atoms with van der Waals surface area (Å²) in [5, 5.41) is 0.996. The molecule has 2 aromatic rings. The summed E-state index contributed by atoms with van der Waals surface area (Å²) in [5.41, 5.74) is 1.23. The molecule has 72 valence electrons. The molecule has 0 amide bonds. The van der Waals surface area contributed by atoms with E-state index in [1.54, 1.807) is 17.4 Å². The van der Waals surface area contributed by atoms with Crippen molar-refractivity contribution >= 4 is 11.3 Å². The predicted octanol–water partition coefficient (Wildman–Crippen LogP) is 1.51. The Hall–Kier alpha value is -1.49. The fraction of sp³-hybridized carbons (Fsp3) is 0.222. The molecule has 0 fully saturated rings. The van der Waals surface area contributed by atoms with Crippen LogP contribution in [0.25, 0.3) is 11.4 Å². The quantitative estimate of drug-likeness (QED) is 0.771. The summed E-state index contributed by atoms with van der Waals surface area (Å²) >= 11 is 1.62. The Labute approximate surface area is 84.7 Å². The van der Waals surface area contributed by atoms with Crippen molar-refractivity contribution < 1.29 is 0 Å². The zero-order valence-corrected chi connectivity index (χ0v) is 8.68. The average molecular weight is 207 g/mol. The van der Waals surface area contributed by atoms with Gasteiger partial charge in [0.05, 0.1) is 10.7 Å². The summed E-state index contributed by atoms with van der Waals surface area (Å²) in [6, 6.07) is 1.75. The second-order valence-electron chi connectivity index (χ2n) is 2.93. The van der Waals surface area contributed by atoms with Crippen molar-refractivity contribution in [2.24, 2.45) is 0 Å². The molecule has 14 heavy (non-hydrogen) atoms. The van der Waals surface area contributed by atoms with Crippen LogP contribution in [0.15, 0.2) is 17.1 Å². The molecule has 1 N–H and O–H groups in total. The van der Waals surface area contributed by atoms with Crippen molar-refractivity contribution in [3.05, 3.63) is 32.6 Å². The van der Waals surface area contributed by atoms with Gasteiger partial charge in [0.15, 0.2) is 0 Å². The van der Waals surface area contributed by atoms with E-state index < -0.39 is 0 Å². The van der Waals surface area contributed by atoms with Crippen LogP contribution in [0.1, 0.15) is 9.88 Å². The molecular formula is C9H9N3OS. The maximum Gasteiger partial charge on any atom is 0.345 e. The number of hydrogen-bond donors (Lipinski definition) is 1. The predicted molar refractivity (Wildman–Crippen MR) is 55.4 cm³/mol. The number of hydrogen-bond acceptors (Lipinski definition) is 4. The maximum absolute atomic E-state index is 11.0. The highest BCUT2D eigenvalue weighted by Gasteiger charge is 2.07. The zero-order chi connectivity index (χ0) is 10.1. The highest BCUT2D eigenvalue weighted by Crippen LogP contribution is 2.24. The number of rotatable bonds is 1. The first-order chi connectivity index (χ1) is 6.66. The molecule has 0 aliphatic rings. The Morgan fingerprint density at radius 3 is 2.79 bits per heavy atom. The molecule has 0 aliphatic heterocycles. The normalized spacial score (nSPS) is 10.4. The van der Waals surface area contributed by atoms with Gasteiger partial charge in [-0.3, -0.25) is 0 Å². The molecule has 2 heterocycles. The number of aromatic amines is 1.